The SMILES string of the molecule is CCNC(CO)CCN1CCN2CCCCC2C1. The fraction of sp³-hybridized carbons (Fsp3) is 1.00. The van der Waals surface area contributed by atoms with Gasteiger partial charge in [-0.3, -0.25) is 4.90 Å². The number of aliphatic hydroxyl groups excluding tert-OH is 1. The lowest BCUT2D eigenvalue weighted by Gasteiger charge is -2.44. The standard InChI is InChI=1S/C14H29N3O/c1-2-15-13(12-18)6-8-16-9-10-17-7-4-3-5-14(17)11-16/h13-15,18H,2-12H2,1H3. The molecule has 0 aromatic carbocycles. The number of rotatable bonds is 6. The Labute approximate surface area is 111 Å². The molecule has 2 rings (SSSR count). The predicted molar refractivity (Wildman–Crippen MR) is 74.8 cm³/mol. The fourth-order valence-electron chi connectivity index (χ4n) is 3.31. The first kappa shape index (κ1) is 14.3. The van der Waals surface area contributed by atoms with Gasteiger partial charge in [-0.05, 0) is 38.9 Å². The molecule has 0 amide bonds. The number of hydrogen-bond acceptors (Lipinski definition) is 4. The summed E-state index contributed by atoms with van der Waals surface area (Å²) in [6.07, 6.45) is 5.25. The summed E-state index contributed by atoms with van der Waals surface area (Å²) in [6.45, 7) is 9.45. The van der Waals surface area contributed by atoms with Crippen LogP contribution in [0.15, 0.2) is 0 Å². The summed E-state index contributed by atoms with van der Waals surface area (Å²) < 4.78 is 0. The van der Waals surface area contributed by atoms with Gasteiger partial charge in [0.1, 0.15) is 0 Å². The highest BCUT2D eigenvalue weighted by atomic mass is 16.3. The van der Waals surface area contributed by atoms with Crippen LogP contribution in [0.5, 0.6) is 0 Å². The van der Waals surface area contributed by atoms with Gasteiger partial charge in [0.2, 0.25) is 0 Å². The molecule has 106 valence electrons. The topological polar surface area (TPSA) is 38.7 Å². The lowest BCUT2D eigenvalue weighted by molar-refractivity contribution is 0.0464. The fourth-order valence-corrected chi connectivity index (χ4v) is 3.31. The summed E-state index contributed by atoms with van der Waals surface area (Å²) in [6, 6.07) is 1.08. The number of piperidine rings is 1. The van der Waals surface area contributed by atoms with Crippen molar-refractivity contribution >= 4 is 0 Å². The van der Waals surface area contributed by atoms with Gasteiger partial charge in [0, 0.05) is 31.7 Å². The average Bonchev–Trinajstić information content (AvgIpc) is 2.43. The van der Waals surface area contributed by atoms with E-state index >= 15 is 0 Å². The Balaban J connectivity index is 1.70. The first-order valence-corrected chi connectivity index (χ1v) is 7.64. The van der Waals surface area contributed by atoms with Gasteiger partial charge in [-0.1, -0.05) is 13.3 Å². The second-order valence-corrected chi connectivity index (χ2v) is 5.71. The molecule has 0 saturated carbocycles. The average molecular weight is 255 g/mol. The summed E-state index contributed by atoms with van der Waals surface area (Å²) in [5.74, 6) is 0. The number of hydrogen-bond donors (Lipinski definition) is 2. The third-order valence-electron chi connectivity index (χ3n) is 4.43. The van der Waals surface area contributed by atoms with E-state index in [2.05, 4.69) is 22.0 Å². The normalized spacial score (nSPS) is 28.0. The van der Waals surface area contributed by atoms with E-state index in [9.17, 15) is 5.11 Å². The van der Waals surface area contributed by atoms with Crippen LogP contribution >= 0.6 is 0 Å². The Morgan fingerprint density at radius 2 is 2.17 bits per heavy atom. The lowest BCUT2D eigenvalue weighted by Crippen LogP contribution is -2.55. The quantitative estimate of drug-likeness (QED) is 0.726. The van der Waals surface area contributed by atoms with Crippen LogP contribution in [0.3, 0.4) is 0 Å². The highest BCUT2D eigenvalue weighted by Gasteiger charge is 2.28. The monoisotopic (exact) mass is 255 g/mol. The van der Waals surface area contributed by atoms with Crippen LogP contribution in [0.4, 0.5) is 0 Å². The van der Waals surface area contributed by atoms with E-state index < -0.39 is 0 Å². The van der Waals surface area contributed by atoms with Crippen LogP contribution < -0.4 is 5.32 Å². The Hall–Kier alpha value is -0.160. The zero-order chi connectivity index (χ0) is 12.8. The number of nitrogens with zero attached hydrogens (tertiary/aromatic N) is 2. The molecule has 2 N–H and O–H groups in total. The second-order valence-electron chi connectivity index (χ2n) is 5.71. The number of aliphatic hydroxyl groups is 1. The first-order chi connectivity index (χ1) is 8.83. The molecule has 0 aromatic heterocycles. The molecule has 2 atom stereocenters. The molecule has 18 heavy (non-hydrogen) atoms. The van der Waals surface area contributed by atoms with Gasteiger partial charge in [-0.2, -0.15) is 0 Å². The van der Waals surface area contributed by atoms with Gasteiger partial charge in [0.25, 0.3) is 0 Å². The zero-order valence-corrected chi connectivity index (χ0v) is 11.8. The highest BCUT2D eigenvalue weighted by molar-refractivity contribution is 4.85. The van der Waals surface area contributed by atoms with Gasteiger partial charge in [0.15, 0.2) is 0 Å². The third kappa shape index (κ3) is 3.92. The van der Waals surface area contributed by atoms with Crippen molar-refractivity contribution < 1.29 is 5.11 Å². The maximum Gasteiger partial charge on any atom is 0.0585 e. The summed E-state index contributed by atoms with van der Waals surface area (Å²) >= 11 is 0. The maximum atomic E-state index is 9.28. The Kier molecular flexibility index (Phi) is 5.89. The maximum absolute atomic E-state index is 9.28. The molecule has 2 heterocycles. The van der Waals surface area contributed by atoms with Crippen molar-refractivity contribution in [1.29, 1.82) is 0 Å². The van der Waals surface area contributed by atoms with Crippen LogP contribution in [-0.4, -0.2) is 72.9 Å². The van der Waals surface area contributed by atoms with Crippen LogP contribution in [0.1, 0.15) is 32.6 Å². The van der Waals surface area contributed by atoms with E-state index in [-0.39, 0.29) is 12.6 Å². The molecule has 2 unspecified atom stereocenters. The largest absolute Gasteiger partial charge is 0.395 e. The van der Waals surface area contributed by atoms with Crippen molar-refractivity contribution in [3.63, 3.8) is 0 Å². The molecule has 4 heteroatoms. The van der Waals surface area contributed by atoms with Gasteiger partial charge < -0.3 is 15.3 Å². The molecule has 4 nitrogen and oxygen atoms in total. The summed E-state index contributed by atoms with van der Waals surface area (Å²) in [5.41, 5.74) is 0. The second kappa shape index (κ2) is 7.43. The van der Waals surface area contributed by atoms with Crippen molar-refractivity contribution in [3.8, 4) is 0 Å². The van der Waals surface area contributed by atoms with Crippen molar-refractivity contribution in [1.82, 2.24) is 15.1 Å². The summed E-state index contributed by atoms with van der Waals surface area (Å²) in [4.78, 5) is 5.26. The summed E-state index contributed by atoms with van der Waals surface area (Å²) in [5, 5.41) is 12.6. The molecule has 2 aliphatic heterocycles. The van der Waals surface area contributed by atoms with E-state index in [0.29, 0.717) is 0 Å². The summed E-state index contributed by atoms with van der Waals surface area (Å²) in [7, 11) is 0. The van der Waals surface area contributed by atoms with E-state index in [4.69, 9.17) is 0 Å². The van der Waals surface area contributed by atoms with Crippen molar-refractivity contribution in [3.05, 3.63) is 0 Å². The number of nitrogens with one attached hydrogen (secondary N) is 1. The highest BCUT2D eigenvalue weighted by Crippen LogP contribution is 2.21. The van der Waals surface area contributed by atoms with Crippen molar-refractivity contribution in [2.24, 2.45) is 0 Å². The first-order valence-electron chi connectivity index (χ1n) is 7.64. The minimum absolute atomic E-state index is 0.261. The molecule has 0 spiro atoms. The minimum Gasteiger partial charge on any atom is -0.395 e. The van der Waals surface area contributed by atoms with Crippen LogP contribution in [0, 0.1) is 0 Å². The molecule has 0 aliphatic carbocycles. The minimum atomic E-state index is 0.261. The third-order valence-corrected chi connectivity index (χ3v) is 4.43. The van der Waals surface area contributed by atoms with Crippen LogP contribution in [0.2, 0.25) is 0 Å². The van der Waals surface area contributed by atoms with E-state index in [0.717, 1.165) is 25.6 Å². The smallest absolute Gasteiger partial charge is 0.0585 e. The molecule has 0 aromatic rings. The Morgan fingerprint density at radius 3 is 2.94 bits per heavy atom. The predicted octanol–water partition coefficient (Wildman–Crippen LogP) is 0.517. The van der Waals surface area contributed by atoms with Crippen molar-refractivity contribution in [2.45, 2.75) is 44.7 Å². The molecule has 2 saturated heterocycles. The van der Waals surface area contributed by atoms with E-state index in [1.807, 2.05) is 0 Å². The molecular formula is C14H29N3O. The van der Waals surface area contributed by atoms with E-state index in [1.165, 1.54) is 45.4 Å². The van der Waals surface area contributed by atoms with E-state index in [1.54, 1.807) is 0 Å². The molecule has 0 bridgehead atoms. The molecular weight excluding hydrogens is 226 g/mol. The number of piperazine rings is 1. The number of fused-ring (bicyclic) bond motifs is 1. The molecule has 2 aliphatic rings. The van der Waals surface area contributed by atoms with Crippen LogP contribution in [0.25, 0.3) is 0 Å². The van der Waals surface area contributed by atoms with Crippen molar-refractivity contribution in [2.75, 3.05) is 45.9 Å². The number of likely N-dealkylation sites (N-methyl/N-ethyl adjacent to an activating group) is 1. The zero-order valence-electron chi connectivity index (χ0n) is 11.8. The molecule has 0 radical (unpaired) electrons. The van der Waals surface area contributed by atoms with Gasteiger partial charge >= 0.3 is 0 Å². The van der Waals surface area contributed by atoms with Gasteiger partial charge in [0.05, 0.1) is 6.61 Å². The Morgan fingerprint density at radius 1 is 1.28 bits per heavy atom. The Bertz CT molecular complexity index is 237. The lowest BCUT2D eigenvalue weighted by atomic mass is 9.99. The molecule has 2 fully saturated rings. The van der Waals surface area contributed by atoms with Gasteiger partial charge in [-0.25, -0.2) is 0 Å². The van der Waals surface area contributed by atoms with Gasteiger partial charge in [-0.15, -0.1) is 0 Å². The van der Waals surface area contributed by atoms with Crippen LogP contribution in [-0.2, 0) is 0 Å².